The number of hydrogen-bond acceptors (Lipinski definition) is 1. The lowest BCUT2D eigenvalue weighted by atomic mass is 9.82. The van der Waals surface area contributed by atoms with Gasteiger partial charge in [-0.15, -0.1) is 0 Å². The quantitative estimate of drug-likeness (QED) is 0.169. The summed E-state index contributed by atoms with van der Waals surface area (Å²) in [5, 5.41) is 5.19. The van der Waals surface area contributed by atoms with Crippen LogP contribution in [0.4, 0.5) is 17.1 Å². The zero-order chi connectivity index (χ0) is 40.3. The van der Waals surface area contributed by atoms with Crippen molar-refractivity contribution in [2.24, 2.45) is 0 Å². The van der Waals surface area contributed by atoms with E-state index in [2.05, 4.69) is 219 Å². The average Bonchev–Trinajstić information content (AvgIpc) is 3.83. The van der Waals surface area contributed by atoms with Crippen LogP contribution in [0.2, 0.25) is 0 Å². The molecule has 0 aliphatic heterocycles. The average molecular weight is 771 g/mol. The molecule has 288 valence electrons. The van der Waals surface area contributed by atoms with Gasteiger partial charge in [0.05, 0.1) is 11.0 Å². The minimum atomic E-state index is -0.101. The summed E-state index contributed by atoms with van der Waals surface area (Å²) in [6.45, 7) is 9.48. The topological polar surface area (TPSA) is 8.17 Å². The van der Waals surface area contributed by atoms with E-state index in [9.17, 15) is 0 Å². The first-order chi connectivity index (χ1) is 29.3. The van der Waals surface area contributed by atoms with Crippen molar-refractivity contribution in [3.63, 3.8) is 0 Å². The predicted molar refractivity (Wildman–Crippen MR) is 255 cm³/mol. The van der Waals surface area contributed by atoms with Gasteiger partial charge in [0.1, 0.15) is 0 Å². The van der Waals surface area contributed by atoms with Gasteiger partial charge in [0, 0.05) is 44.4 Å². The zero-order valence-electron chi connectivity index (χ0n) is 34.6. The fraction of sp³-hybridized carbons (Fsp3) is 0.138. The Morgan fingerprint density at radius 1 is 0.467 bits per heavy atom. The Balaban J connectivity index is 1.01. The molecule has 60 heavy (non-hydrogen) atoms. The Bertz CT molecular complexity index is 3210. The molecule has 1 aromatic heterocycles. The Morgan fingerprint density at radius 2 is 1.03 bits per heavy atom. The van der Waals surface area contributed by atoms with Gasteiger partial charge in [-0.25, -0.2) is 0 Å². The molecule has 0 atom stereocenters. The number of aromatic nitrogens is 1. The van der Waals surface area contributed by atoms with Gasteiger partial charge in [0.2, 0.25) is 0 Å². The molecule has 3 aliphatic carbocycles. The molecular formula is C58H46N2. The highest BCUT2D eigenvalue weighted by Gasteiger charge is 2.37. The van der Waals surface area contributed by atoms with Crippen molar-refractivity contribution < 1.29 is 0 Å². The lowest BCUT2D eigenvalue weighted by Gasteiger charge is -2.30. The number of rotatable bonds is 5. The highest BCUT2D eigenvalue weighted by atomic mass is 15.1. The number of benzene rings is 8. The van der Waals surface area contributed by atoms with E-state index < -0.39 is 0 Å². The molecule has 0 fully saturated rings. The summed E-state index contributed by atoms with van der Waals surface area (Å²) in [5.41, 5.74) is 20.5. The molecule has 8 aromatic carbocycles. The molecule has 0 amide bonds. The monoisotopic (exact) mass is 770 g/mol. The third kappa shape index (κ3) is 5.00. The van der Waals surface area contributed by atoms with Crippen LogP contribution < -0.4 is 4.90 Å². The van der Waals surface area contributed by atoms with Crippen molar-refractivity contribution in [1.82, 2.24) is 4.57 Å². The van der Waals surface area contributed by atoms with Crippen LogP contribution in [0, 0.1) is 0 Å². The van der Waals surface area contributed by atoms with Crippen LogP contribution in [0.15, 0.2) is 182 Å². The molecule has 0 bridgehead atoms. The minimum absolute atomic E-state index is 0.101. The molecule has 12 rings (SSSR count). The van der Waals surface area contributed by atoms with Crippen LogP contribution in [0.25, 0.3) is 71.7 Å². The molecule has 0 saturated carbocycles. The van der Waals surface area contributed by atoms with E-state index in [0.29, 0.717) is 0 Å². The fourth-order valence-corrected chi connectivity index (χ4v) is 11.0. The summed E-state index contributed by atoms with van der Waals surface area (Å²) in [6.07, 6.45) is 8.87. The van der Waals surface area contributed by atoms with Gasteiger partial charge >= 0.3 is 0 Å². The third-order valence-corrected chi connectivity index (χ3v) is 14.0. The summed E-state index contributed by atoms with van der Waals surface area (Å²) >= 11 is 0. The molecule has 0 spiro atoms. The maximum atomic E-state index is 2.50. The summed E-state index contributed by atoms with van der Waals surface area (Å²) in [4.78, 5) is 2.47. The van der Waals surface area contributed by atoms with Crippen LogP contribution >= 0.6 is 0 Å². The Kier molecular flexibility index (Phi) is 7.48. The number of allylic oxidation sites excluding steroid dienone is 4. The molecule has 0 unspecified atom stereocenters. The second-order valence-corrected chi connectivity index (χ2v) is 18.1. The van der Waals surface area contributed by atoms with E-state index in [1.54, 1.807) is 0 Å². The fourth-order valence-electron chi connectivity index (χ4n) is 11.0. The SMILES string of the molecule is CC1(C)c2ccccc2-c2ccc(N(c3ccc(-c4ccc5c(c4)c4c6ccccc6ccc4n5C4=CC=CCC4)cc3)c3ccc4c(c3)C(C)(C)c3ccccc3-4)cc21. The van der Waals surface area contributed by atoms with Crippen molar-refractivity contribution in [3.05, 3.63) is 204 Å². The molecular weight excluding hydrogens is 725 g/mol. The van der Waals surface area contributed by atoms with Crippen LogP contribution in [0.5, 0.6) is 0 Å². The van der Waals surface area contributed by atoms with Crippen molar-refractivity contribution >= 4 is 55.3 Å². The van der Waals surface area contributed by atoms with Crippen LogP contribution in [0.1, 0.15) is 62.8 Å². The Hall–Kier alpha value is -6.90. The highest BCUT2D eigenvalue weighted by Crippen LogP contribution is 2.53. The minimum Gasteiger partial charge on any atom is -0.313 e. The number of anilines is 3. The lowest BCUT2D eigenvalue weighted by molar-refractivity contribution is 0.660. The molecule has 1 heterocycles. The lowest BCUT2D eigenvalue weighted by Crippen LogP contribution is -2.18. The Morgan fingerprint density at radius 3 is 1.68 bits per heavy atom. The smallest absolute Gasteiger partial charge is 0.0544 e. The number of nitrogens with zero attached hydrogens (tertiary/aromatic N) is 2. The molecule has 0 radical (unpaired) electrons. The van der Waals surface area contributed by atoms with Gasteiger partial charge in [-0.3, -0.25) is 0 Å². The highest BCUT2D eigenvalue weighted by molar-refractivity contribution is 6.22. The maximum absolute atomic E-state index is 2.50. The van der Waals surface area contributed by atoms with Gasteiger partial charge in [-0.2, -0.15) is 0 Å². The summed E-state index contributed by atoms with van der Waals surface area (Å²) in [5.74, 6) is 0. The molecule has 2 nitrogen and oxygen atoms in total. The van der Waals surface area contributed by atoms with Gasteiger partial charge in [0.15, 0.2) is 0 Å². The van der Waals surface area contributed by atoms with E-state index >= 15 is 0 Å². The van der Waals surface area contributed by atoms with E-state index in [-0.39, 0.29) is 10.8 Å². The second kappa shape index (κ2) is 12.8. The zero-order valence-corrected chi connectivity index (χ0v) is 34.6. The first-order valence-corrected chi connectivity index (χ1v) is 21.5. The Labute approximate surface area is 352 Å². The summed E-state index contributed by atoms with van der Waals surface area (Å²) < 4.78 is 2.50. The van der Waals surface area contributed by atoms with Crippen molar-refractivity contribution in [2.45, 2.75) is 51.4 Å². The van der Waals surface area contributed by atoms with Crippen molar-refractivity contribution in [2.75, 3.05) is 4.90 Å². The first kappa shape index (κ1) is 35.1. The van der Waals surface area contributed by atoms with Gasteiger partial charge in [-0.1, -0.05) is 149 Å². The largest absolute Gasteiger partial charge is 0.313 e. The standard InChI is InChI=1S/C58H46N2/c1-57(2)50-20-12-10-18-45(50)47-30-28-42(35-52(47)57)59(43-29-31-48-46-19-11-13-21-51(46)58(3,4)53(48)36-43)41-26-22-37(23-27-41)39-25-32-54-49(34-39)56-44-17-9-8-14-38(44)24-33-55(56)60(54)40-15-6-5-7-16-40/h5-6,8-15,17-36H,7,16H2,1-4H3. The molecule has 0 N–H and O–H groups in total. The van der Waals surface area contributed by atoms with Gasteiger partial charge in [0.25, 0.3) is 0 Å². The van der Waals surface area contributed by atoms with E-state index in [1.165, 1.54) is 105 Å². The van der Waals surface area contributed by atoms with Crippen molar-refractivity contribution in [3.8, 4) is 33.4 Å². The predicted octanol–water partition coefficient (Wildman–Crippen LogP) is 15.9. The van der Waals surface area contributed by atoms with E-state index in [4.69, 9.17) is 0 Å². The van der Waals surface area contributed by atoms with Gasteiger partial charge in [-0.05, 0) is 140 Å². The molecule has 3 aliphatic rings. The summed E-state index contributed by atoms with van der Waals surface area (Å²) in [6, 6.07) is 61.8. The number of fused-ring (bicyclic) bond motifs is 11. The molecule has 2 heteroatoms. The van der Waals surface area contributed by atoms with Gasteiger partial charge < -0.3 is 9.47 Å². The third-order valence-electron chi connectivity index (χ3n) is 14.0. The number of hydrogen-bond donors (Lipinski definition) is 0. The molecule has 9 aromatic rings. The van der Waals surface area contributed by atoms with Crippen molar-refractivity contribution in [1.29, 1.82) is 0 Å². The van der Waals surface area contributed by atoms with Crippen LogP contribution in [0.3, 0.4) is 0 Å². The maximum Gasteiger partial charge on any atom is 0.0544 e. The van der Waals surface area contributed by atoms with Crippen LogP contribution in [-0.4, -0.2) is 4.57 Å². The molecule has 0 saturated heterocycles. The summed E-state index contributed by atoms with van der Waals surface area (Å²) in [7, 11) is 0. The van der Waals surface area contributed by atoms with E-state index in [0.717, 1.165) is 18.5 Å². The second-order valence-electron chi connectivity index (χ2n) is 18.1. The normalized spacial score (nSPS) is 15.5. The van der Waals surface area contributed by atoms with Crippen LogP contribution in [-0.2, 0) is 10.8 Å². The first-order valence-electron chi connectivity index (χ1n) is 21.5. The van der Waals surface area contributed by atoms with E-state index in [1.807, 2.05) is 0 Å².